The Kier molecular flexibility index (Phi) is 3.92. The van der Waals surface area contributed by atoms with Gasteiger partial charge in [-0.25, -0.2) is 4.79 Å². The van der Waals surface area contributed by atoms with E-state index in [9.17, 15) is 4.79 Å². The summed E-state index contributed by atoms with van der Waals surface area (Å²) < 4.78 is 6.04. The van der Waals surface area contributed by atoms with Gasteiger partial charge >= 0.3 is 5.97 Å². The minimum atomic E-state index is -0.215. The molecule has 2 nitrogen and oxygen atoms in total. The van der Waals surface area contributed by atoms with Crippen LogP contribution in [0.2, 0.25) is 0 Å². The maximum Gasteiger partial charge on any atom is 0.337 e. The summed E-state index contributed by atoms with van der Waals surface area (Å²) in [5.74, 6) is -0.215. The first-order chi connectivity index (χ1) is 6.15. The zero-order valence-electron chi connectivity index (χ0n) is 7.63. The first-order valence-electron chi connectivity index (χ1n) is 4.08. The third kappa shape index (κ3) is 2.80. The maximum absolute atomic E-state index is 11.3. The van der Waals surface area contributed by atoms with Crippen molar-refractivity contribution in [2.24, 2.45) is 0 Å². The molecule has 0 heterocycles. The molecule has 0 aliphatic rings. The number of halogens is 1. The van der Waals surface area contributed by atoms with Crippen LogP contribution in [0.3, 0.4) is 0 Å². The van der Waals surface area contributed by atoms with Gasteiger partial charge in [-0.3, -0.25) is 0 Å². The Hall–Kier alpha value is -0.363. The van der Waals surface area contributed by atoms with Crippen molar-refractivity contribution in [3.05, 3.63) is 32.9 Å². The molecule has 0 aliphatic carbocycles. The van der Waals surface area contributed by atoms with Gasteiger partial charge in [-0.1, -0.05) is 6.07 Å². The third-order valence-corrected chi connectivity index (χ3v) is 3.13. The van der Waals surface area contributed by atoms with Crippen molar-refractivity contribution in [2.45, 2.75) is 6.92 Å². The molecular weight excluding hydrogens is 295 g/mol. The number of aryl methyl sites for hydroxylation is 1. The average Bonchev–Trinajstić information content (AvgIpc) is 2.10. The lowest BCUT2D eigenvalue weighted by molar-refractivity contribution is 0.0573. The van der Waals surface area contributed by atoms with Gasteiger partial charge in [0, 0.05) is 3.57 Å². The molecular formula is C9H11IO2Si. The van der Waals surface area contributed by atoms with Gasteiger partial charge in [-0.15, -0.1) is 0 Å². The van der Waals surface area contributed by atoms with E-state index in [2.05, 4.69) is 22.6 Å². The Bertz CT molecular complexity index is 325. The molecule has 0 aliphatic heterocycles. The highest BCUT2D eigenvalue weighted by Crippen LogP contribution is 2.13. The summed E-state index contributed by atoms with van der Waals surface area (Å²) in [4.78, 5) is 11.3. The topological polar surface area (TPSA) is 26.3 Å². The van der Waals surface area contributed by atoms with Gasteiger partial charge in [-0.05, 0) is 47.2 Å². The highest BCUT2D eigenvalue weighted by Gasteiger charge is 2.06. The largest absolute Gasteiger partial charge is 0.467 e. The molecule has 0 unspecified atom stereocenters. The maximum atomic E-state index is 11.3. The van der Waals surface area contributed by atoms with Gasteiger partial charge in [-0.2, -0.15) is 0 Å². The van der Waals surface area contributed by atoms with Crippen LogP contribution in [0.25, 0.3) is 0 Å². The molecule has 70 valence electrons. The second-order valence-corrected chi connectivity index (χ2v) is 4.42. The summed E-state index contributed by atoms with van der Waals surface area (Å²) in [7, 11) is 0.890. The molecule has 13 heavy (non-hydrogen) atoms. The second-order valence-electron chi connectivity index (χ2n) is 2.68. The number of carbonyl (C=O) groups is 1. The van der Waals surface area contributed by atoms with E-state index in [1.165, 1.54) is 5.56 Å². The lowest BCUT2D eigenvalue weighted by atomic mass is 10.1. The highest BCUT2D eigenvalue weighted by molar-refractivity contribution is 14.1. The molecule has 4 heteroatoms. The fourth-order valence-electron chi connectivity index (χ4n) is 0.934. The van der Waals surface area contributed by atoms with Crippen LogP contribution in [-0.2, 0) is 4.74 Å². The Morgan fingerprint density at radius 3 is 2.85 bits per heavy atom. The Morgan fingerprint density at radius 1 is 1.62 bits per heavy atom. The number of ether oxygens (including phenoxy) is 1. The van der Waals surface area contributed by atoms with Gasteiger partial charge in [0.2, 0.25) is 0 Å². The van der Waals surface area contributed by atoms with Gasteiger partial charge in [0.1, 0.15) is 0 Å². The molecule has 1 aromatic carbocycles. The van der Waals surface area contributed by atoms with Crippen LogP contribution in [0.5, 0.6) is 0 Å². The molecule has 0 saturated heterocycles. The third-order valence-electron chi connectivity index (χ3n) is 1.68. The number of hydrogen-bond acceptors (Lipinski definition) is 2. The molecule has 0 bridgehead atoms. The number of hydrogen-bond donors (Lipinski definition) is 0. The van der Waals surface area contributed by atoms with E-state index in [1.54, 1.807) is 6.07 Å². The van der Waals surface area contributed by atoms with Crippen LogP contribution in [0.4, 0.5) is 0 Å². The minimum Gasteiger partial charge on any atom is -0.467 e. The van der Waals surface area contributed by atoms with Crippen molar-refractivity contribution < 1.29 is 9.53 Å². The number of esters is 1. The molecule has 0 atom stereocenters. The van der Waals surface area contributed by atoms with E-state index in [-0.39, 0.29) is 5.97 Å². The van der Waals surface area contributed by atoms with E-state index >= 15 is 0 Å². The van der Waals surface area contributed by atoms with Crippen molar-refractivity contribution in [3.8, 4) is 0 Å². The second kappa shape index (κ2) is 4.76. The standard InChI is InChI=1S/C9H11IO2Si/c1-6-2-3-7(4-8(6)10)9(11)12-5-13/h2-4H,5H2,1,13H3. The first-order valence-corrected chi connectivity index (χ1v) is 6.57. The van der Waals surface area contributed by atoms with Crippen LogP contribution < -0.4 is 0 Å². The smallest absolute Gasteiger partial charge is 0.337 e. The Balaban J connectivity index is 2.90. The average molecular weight is 306 g/mol. The molecule has 0 radical (unpaired) electrons. The van der Waals surface area contributed by atoms with Crippen LogP contribution in [-0.4, -0.2) is 22.4 Å². The lowest BCUT2D eigenvalue weighted by Crippen LogP contribution is -2.06. The van der Waals surface area contributed by atoms with E-state index in [0.717, 1.165) is 13.8 Å². The van der Waals surface area contributed by atoms with Crippen molar-refractivity contribution in [2.75, 3.05) is 6.23 Å². The monoisotopic (exact) mass is 306 g/mol. The van der Waals surface area contributed by atoms with E-state index in [0.29, 0.717) is 11.8 Å². The van der Waals surface area contributed by atoms with Crippen molar-refractivity contribution in [1.29, 1.82) is 0 Å². The molecule has 0 saturated carbocycles. The summed E-state index contributed by atoms with van der Waals surface area (Å²) in [6, 6.07) is 5.60. The highest BCUT2D eigenvalue weighted by atomic mass is 127. The predicted molar refractivity (Wildman–Crippen MR) is 64.1 cm³/mol. The summed E-state index contributed by atoms with van der Waals surface area (Å²) in [6.07, 6.45) is 0.559. The van der Waals surface area contributed by atoms with Gasteiger partial charge in [0.05, 0.1) is 22.0 Å². The Labute approximate surface area is 94.2 Å². The van der Waals surface area contributed by atoms with Crippen LogP contribution >= 0.6 is 22.6 Å². The van der Waals surface area contributed by atoms with Crippen molar-refractivity contribution in [1.82, 2.24) is 0 Å². The van der Waals surface area contributed by atoms with E-state index in [1.807, 2.05) is 19.1 Å². The fourth-order valence-corrected chi connectivity index (χ4v) is 1.71. The first kappa shape index (κ1) is 10.7. The summed E-state index contributed by atoms with van der Waals surface area (Å²) in [5, 5.41) is 0. The molecule has 1 rings (SSSR count). The summed E-state index contributed by atoms with van der Waals surface area (Å²) in [5.41, 5.74) is 1.83. The normalized spacial score (nSPS) is 10.0. The zero-order valence-corrected chi connectivity index (χ0v) is 11.8. The molecule has 0 fully saturated rings. The molecule has 0 amide bonds. The quantitative estimate of drug-likeness (QED) is 0.464. The fraction of sp³-hybridized carbons (Fsp3) is 0.222. The van der Waals surface area contributed by atoms with E-state index < -0.39 is 0 Å². The minimum absolute atomic E-state index is 0.215. The van der Waals surface area contributed by atoms with Crippen LogP contribution in [0.15, 0.2) is 18.2 Å². The van der Waals surface area contributed by atoms with Gasteiger partial charge in [0.25, 0.3) is 0 Å². The van der Waals surface area contributed by atoms with Crippen LogP contribution in [0, 0.1) is 10.5 Å². The summed E-state index contributed by atoms with van der Waals surface area (Å²) >= 11 is 2.21. The summed E-state index contributed by atoms with van der Waals surface area (Å²) in [6.45, 7) is 2.02. The Morgan fingerprint density at radius 2 is 2.31 bits per heavy atom. The molecule has 1 aromatic rings. The number of carbonyl (C=O) groups excluding carboxylic acids is 1. The predicted octanol–water partition coefficient (Wildman–Crippen LogP) is 1.08. The lowest BCUT2D eigenvalue weighted by Gasteiger charge is -2.03. The van der Waals surface area contributed by atoms with Crippen molar-refractivity contribution >= 4 is 38.8 Å². The van der Waals surface area contributed by atoms with E-state index in [4.69, 9.17) is 4.74 Å². The molecule has 0 aromatic heterocycles. The zero-order chi connectivity index (χ0) is 9.84. The number of rotatable bonds is 2. The molecule has 0 N–H and O–H groups in total. The van der Waals surface area contributed by atoms with Crippen molar-refractivity contribution in [3.63, 3.8) is 0 Å². The van der Waals surface area contributed by atoms with Crippen LogP contribution in [0.1, 0.15) is 15.9 Å². The van der Waals surface area contributed by atoms with Gasteiger partial charge < -0.3 is 4.74 Å². The SMILES string of the molecule is Cc1ccc(C(=O)OC[SiH3])cc1I. The molecule has 0 spiro atoms. The van der Waals surface area contributed by atoms with Gasteiger partial charge in [0.15, 0.2) is 0 Å². The number of benzene rings is 1.